The van der Waals surface area contributed by atoms with Gasteiger partial charge in [0.05, 0.1) is 12.9 Å². The van der Waals surface area contributed by atoms with Crippen molar-refractivity contribution in [3.8, 4) is 0 Å². The molecule has 4 rings (SSSR count). The van der Waals surface area contributed by atoms with Gasteiger partial charge in [-0.1, -0.05) is 37.4 Å². The molecule has 0 atom stereocenters. The van der Waals surface area contributed by atoms with Crippen molar-refractivity contribution in [1.82, 2.24) is 24.8 Å². The molecule has 6 heteroatoms. The average Bonchev–Trinajstić information content (AvgIpc) is 3.21. The minimum absolute atomic E-state index is 0.663. The van der Waals surface area contributed by atoms with Crippen molar-refractivity contribution < 1.29 is 0 Å². The van der Waals surface area contributed by atoms with Gasteiger partial charge in [0.2, 0.25) is 0 Å². The SMILES string of the molecule is C=CC=C(C)N1C(=C)c2c(C)cccc2C=C1CN(CC)c1ncnc2nc[nH]c12. The zero-order valence-corrected chi connectivity index (χ0v) is 17.7. The molecule has 0 unspecified atom stereocenters. The first-order chi connectivity index (χ1) is 14.5. The zero-order chi connectivity index (χ0) is 21.3. The normalized spacial score (nSPS) is 14.0. The summed E-state index contributed by atoms with van der Waals surface area (Å²) in [6.45, 7) is 16.1. The first-order valence-corrected chi connectivity index (χ1v) is 10.0. The minimum Gasteiger partial charge on any atom is -0.349 e. The number of rotatable bonds is 6. The molecule has 1 N–H and O–H groups in total. The number of aryl methyl sites for hydroxylation is 1. The maximum absolute atomic E-state index is 4.54. The molecule has 0 saturated carbocycles. The lowest BCUT2D eigenvalue weighted by molar-refractivity contribution is 0.578. The van der Waals surface area contributed by atoms with Gasteiger partial charge in [0.25, 0.3) is 0 Å². The van der Waals surface area contributed by atoms with Gasteiger partial charge in [0.1, 0.15) is 11.8 Å². The largest absolute Gasteiger partial charge is 0.349 e. The lowest BCUT2D eigenvalue weighted by atomic mass is 9.93. The van der Waals surface area contributed by atoms with Crippen molar-refractivity contribution in [1.29, 1.82) is 0 Å². The molecule has 0 spiro atoms. The van der Waals surface area contributed by atoms with E-state index in [1.54, 1.807) is 12.7 Å². The van der Waals surface area contributed by atoms with E-state index >= 15 is 0 Å². The van der Waals surface area contributed by atoms with Crippen LogP contribution in [-0.2, 0) is 0 Å². The number of benzene rings is 1. The van der Waals surface area contributed by atoms with Crippen LogP contribution in [0.1, 0.15) is 30.5 Å². The van der Waals surface area contributed by atoms with Crippen LogP contribution in [0.4, 0.5) is 5.82 Å². The fourth-order valence-corrected chi connectivity index (χ4v) is 4.06. The fourth-order valence-electron chi connectivity index (χ4n) is 4.06. The molecule has 6 nitrogen and oxygen atoms in total. The lowest BCUT2D eigenvalue weighted by Gasteiger charge is -2.37. The van der Waals surface area contributed by atoms with E-state index < -0.39 is 0 Å². The molecule has 0 amide bonds. The highest BCUT2D eigenvalue weighted by Gasteiger charge is 2.26. The van der Waals surface area contributed by atoms with Gasteiger partial charge < -0.3 is 14.8 Å². The van der Waals surface area contributed by atoms with Crippen molar-refractivity contribution in [3.63, 3.8) is 0 Å². The predicted molar refractivity (Wildman–Crippen MR) is 124 cm³/mol. The van der Waals surface area contributed by atoms with Gasteiger partial charge in [-0.05, 0) is 44.1 Å². The highest BCUT2D eigenvalue weighted by molar-refractivity contribution is 5.84. The number of nitrogens with one attached hydrogen (secondary N) is 1. The van der Waals surface area contributed by atoms with Crippen LogP contribution in [0.2, 0.25) is 0 Å². The Labute approximate surface area is 177 Å². The standard InChI is InChI=1S/C24H26N6/c1-6-9-17(4)30-18(5)21-16(3)10-8-11-19(21)12-20(30)13-29(7-2)24-22-23(26-14-25-22)27-15-28-24/h6,8-12,14-15H,1,5,7,13H2,2-4H3,(H,25,26,27,28). The third-order valence-electron chi connectivity index (χ3n) is 5.42. The Bertz CT molecular complexity index is 1180. The van der Waals surface area contributed by atoms with Crippen LogP contribution < -0.4 is 4.90 Å². The summed E-state index contributed by atoms with van der Waals surface area (Å²) in [5, 5.41) is 0. The molecule has 1 aromatic carbocycles. The monoisotopic (exact) mass is 398 g/mol. The number of aromatic nitrogens is 4. The second-order valence-corrected chi connectivity index (χ2v) is 7.31. The van der Waals surface area contributed by atoms with Gasteiger partial charge in [-0.3, -0.25) is 0 Å². The highest BCUT2D eigenvalue weighted by atomic mass is 15.3. The molecule has 3 aromatic rings. The topological polar surface area (TPSA) is 60.9 Å². The van der Waals surface area contributed by atoms with Gasteiger partial charge >= 0.3 is 0 Å². The molecular formula is C24H26N6. The zero-order valence-electron chi connectivity index (χ0n) is 17.7. The van der Waals surface area contributed by atoms with E-state index in [1.807, 2.05) is 12.2 Å². The van der Waals surface area contributed by atoms with Gasteiger partial charge in [-0.25, -0.2) is 15.0 Å². The molecule has 30 heavy (non-hydrogen) atoms. The number of nitrogens with zero attached hydrogens (tertiary/aromatic N) is 5. The summed E-state index contributed by atoms with van der Waals surface area (Å²) in [4.78, 5) is 20.7. The number of allylic oxidation sites excluding steroid dienone is 3. The van der Waals surface area contributed by atoms with Gasteiger partial charge in [-0.2, -0.15) is 0 Å². The maximum Gasteiger partial charge on any atom is 0.182 e. The smallest absolute Gasteiger partial charge is 0.182 e. The number of aromatic amines is 1. The van der Waals surface area contributed by atoms with Gasteiger partial charge in [0, 0.05) is 29.2 Å². The van der Waals surface area contributed by atoms with Gasteiger partial charge in [0.15, 0.2) is 11.5 Å². The number of likely N-dealkylation sites (N-methyl/N-ethyl adjacent to an activating group) is 1. The van der Waals surface area contributed by atoms with E-state index in [0.29, 0.717) is 12.2 Å². The van der Waals surface area contributed by atoms with Crippen LogP contribution in [0.15, 0.2) is 67.6 Å². The number of fused-ring (bicyclic) bond motifs is 2. The summed E-state index contributed by atoms with van der Waals surface area (Å²) < 4.78 is 0. The summed E-state index contributed by atoms with van der Waals surface area (Å²) in [6, 6.07) is 6.36. The van der Waals surface area contributed by atoms with Crippen molar-refractivity contribution in [2.45, 2.75) is 20.8 Å². The highest BCUT2D eigenvalue weighted by Crippen LogP contribution is 2.37. The quantitative estimate of drug-likeness (QED) is 0.598. The minimum atomic E-state index is 0.663. The molecule has 0 fully saturated rings. The number of imidazole rings is 1. The van der Waals surface area contributed by atoms with E-state index in [-0.39, 0.29) is 0 Å². The van der Waals surface area contributed by atoms with Crippen molar-refractivity contribution >= 4 is 28.8 Å². The molecule has 1 aliphatic rings. The van der Waals surface area contributed by atoms with E-state index in [2.05, 4.69) is 87.9 Å². The average molecular weight is 399 g/mol. The van der Waals surface area contributed by atoms with Crippen LogP contribution in [0.5, 0.6) is 0 Å². The van der Waals surface area contributed by atoms with Crippen LogP contribution in [0.25, 0.3) is 22.9 Å². The van der Waals surface area contributed by atoms with Crippen molar-refractivity contribution in [3.05, 3.63) is 84.2 Å². The van der Waals surface area contributed by atoms with Crippen molar-refractivity contribution in [2.75, 3.05) is 18.0 Å². The molecule has 2 aromatic heterocycles. The molecule has 0 bridgehead atoms. The molecular weight excluding hydrogens is 372 g/mol. The number of hydrogen-bond acceptors (Lipinski definition) is 5. The van der Waals surface area contributed by atoms with E-state index in [4.69, 9.17) is 0 Å². The van der Waals surface area contributed by atoms with Crippen LogP contribution >= 0.6 is 0 Å². The van der Waals surface area contributed by atoms with E-state index in [1.165, 1.54) is 16.7 Å². The number of H-pyrrole nitrogens is 1. The molecule has 3 heterocycles. The summed E-state index contributed by atoms with van der Waals surface area (Å²) in [7, 11) is 0. The Morgan fingerprint density at radius 2 is 2.10 bits per heavy atom. The lowest BCUT2D eigenvalue weighted by Crippen LogP contribution is -2.34. The van der Waals surface area contributed by atoms with Gasteiger partial charge in [-0.15, -0.1) is 0 Å². The second-order valence-electron chi connectivity index (χ2n) is 7.31. The molecule has 152 valence electrons. The Kier molecular flexibility index (Phi) is 5.23. The van der Waals surface area contributed by atoms with Crippen molar-refractivity contribution in [2.24, 2.45) is 0 Å². The Morgan fingerprint density at radius 3 is 2.87 bits per heavy atom. The van der Waals surface area contributed by atoms with E-state index in [9.17, 15) is 0 Å². The fraction of sp³-hybridized carbons (Fsp3) is 0.208. The number of hydrogen-bond donors (Lipinski definition) is 1. The predicted octanol–water partition coefficient (Wildman–Crippen LogP) is 4.90. The number of anilines is 1. The summed E-state index contributed by atoms with van der Waals surface area (Å²) in [6.07, 6.45) is 9.28. The first-order valence-electron chi connectivity index (χ1n) is 10.0. The van der Waals surface area contributed by atoms with E-state index in [0.717, 1.165) is 35.0 Å². The maximum atomic E-state index is 4.54. The van der Waals surface area contributed by atoms with Crippen LogP contribution in [-0.4, -0.2) is 37.9 Å². The molecule has 0 saturated heterocycles. The molecule has 1 aliphatic heterocycles. The summed E-state index contributed by atoms with van der Waals surface area (Å²) in [5.74, 6) is 0.840. The van der Waals surface area contributed by atoms with Crippen LogP contribution in [0, 0.1) is 6.92 Å². The molecule has 0 aliphatic carbocycles. The van der Waals surface area contributed by atoms with Crippen LogP contribution in [0.3, 0.4) is 0 Å². The third-order valence-corrected chi connectivity index (χ3v) is 5.42. The first kappa shape index (κ1) is 19.6. The third kappa shape index (κ3) is 3.30. The summed E-state index contributed by atoms with van der Waals surface area (Å²) in [5.41, 5.74) is 8.26. The Morgan fingerprint density at radius 1 is 1.27 bits per heavy atom. The second kappa shape index (κ2) is 7.99. The Hall–Kier alpha value is -3.67. The Balaban J connectivity index is 1.81. The summed E-state index contributed by atoms with van der Waals surface area (Å²) >= 11 is 0. The molecule has 0 radical (unpaired) electrons.